The summed E-state index contributed by atoms with van der Waals surface area (Å²) in [7, 11) is 0. The van der Waals surface area contributed by atoms with Gasteiger partial charge in [0.15, 0.2) is 5.82 Å². The molecule has 0 saturated carbocycles. The van der Waals surface area contributed by atoms with E-state index in [2.05, 4.69) is 186 Å². The van der Waals surface area contributed by atoms with Gasteiger partial charge in [0.1, 0.15) is 0 Å². The van der Waals surface area contributed by atoms with E-state index < -0.39 is 0 Å². The fourth-order valence-electron chi connectivity index (χ4n) is 7.68. The van der Waals surface area contributed by atoms with Gasteiger partial charge in [-0.25, -0.2) is 9.97 Å². The van der Waals surface area contributed by atoms with Gasteiger partial charge in [0.05, 0.1) is 11.4 Å². The van der Waals surface area contributed by atoms with Gasteiger partial charge >= 0.3 is 0 Å². The van der Waals surface area contributed by atoms with E-state index in [1.807, 2.05) is 43.0 Å². The largest absolute Gasteiger partial charge is 0.264 e. The number of nitrogens with zero attached hydrogens (tertiary/aromatic N) is 4. The standard InChI is InChI=1S/C54H36N4/c1-2-11-37(12-3-1)38-23-25-40(26-24-38)52-34-53(58-54(57-52)51-22-8-14-39-13-4-5-21-50(39)51)49-32-47(43-17-6-15-41(29-43)45-19-9-27-55-35-45)31-48(33-49)44-18-7-16-42(30-44)46-20-10-28-56-36-46/h1-36H. The molecule has 3 aromatic heterocycles. The van der Waals surface area contributed by atoms with Crippen molar-refractivity contribution in [2.24, 2.45) is 0 Å². The first-order valence-electron chi connectivity index (χ1n) is 19.4. The lowest BCUT2D eigenvalue weighted by Crippen LogP contribution is -1.97. The van der Waals surface area contributed by atoms with Gasteiger partial charge < -0.3 is 0 Å². The molecule has 58 heavy (non-hydrogen) atoms. The van der Waals surface area contributed by atoms with Crippen molar-refractivity contribution in [1.29, 1.82) is 0 Å². The van der Waals surface area contributed by atoms with Crippen molar-refractivity contribution < 1.29 is 0 Å². The van der Waals surface area contributed by atoms with E-state index in [9.17, 15) is 0 Å². The highest BCUT2D eigenvalue weighted by Gasteiger charge is 2.16. The van der Waals surface area contributed by atoms with E-state index in [0.717, 1.165) is 88.9 Å². The van der Waals surface area contributed by atoms with Crippen LogP contribution in [0.3, 0.4) is 0 Å². The lowest BCUT2D eigenvalue weighted by molar-refractivity contribution is 1.19. The number of hydrogen-bond acceptors (Lipinski definition) is 4. The second kappa shape index (κ2) is 15.4. The molecule has 0 saturated heterocycles. The summed E-state index contributed by atoms with van der Waals surface area (Å²) in [5, 5.41) is 2.26. The molecule has 0 N–H and O–H groups in total. The third kappa shape index (κ3) is 7.07. The molecule has 0 atom stereocenters. The fourth-order valence-corrected chi connectivity index (χ4v) is 7.68. The van der Waals surface area contributed by atoms with Gasteiger partial charge in [0.25, 0.3) is 0 Å². The third-order valence-electron chi connectivity index (χ3n) is 10.7. The van der Waals surface area contributed by atoms with E-state index in [1.165, 1.54) is 5.56 Å². The molecular weight excluding hydrogens is 705 g/mol. The van der Waals surface area contributed by atoms with Gasteiger partial charge in [0.2, 0.25) is 0 Å². The predicted octanol–water partition coefficient (Wildman–Crippen LogP) is 13.8. The molecule has 0 aliphatic heterocycles. The van der Waals surface area contributed by atoms with Crippen molar-refractivity contribution in [3.8, 4) is 89.5 Å². The predicted molar refractivity (Wildman–Crippen MR) is 239 cm³/mol. The minimum atomic E-state index is 0.681. The maximum Gasteiger partial charge on any atom is 0.161 e. The molecule has 4 heteroatoms. The highest BCUT2D eigenvalue weighted by molar-refractivity contribution is 5.96. The number of benzene rings is 7. The van der Waals surface area contributed by atoms with Gasteiger partial charge in [0, 0.05) is 52.6 Å². The van der Waals surface area contributed by atoms with Gasteiger partial charge in [-0.05, 0) is 104 Å². The Balaban J connectivity index is 1.17. The Morgan fingerprint density at radius 3 is 1.34 bits per heavy atom. The molecule has 10 rings (SSSR count). The van der Waals surface area contributed by atoms with Crippen molar-refractivity contribution in [2.45, 2.75) is 0 Å². The van der Waals surface area contributed by atoms with Gasteiger partial charge in [-0.15, -0.1) is 0 Å². The van der Waals surface area contributed by atoms with E-state index in [1.54, 1.807) is 0 Å². The number of aromatic nitrogens is 4. The number of pyridine rings is 2. The zero-order chi connectivity index (χ0) is 38.7. The molecule has 0 bridgehead atoms. The van der Waals surface area contributed by atoms with Crippen LogP contribution in [-0.4, -0.2) is 19.9 Å². The Hall–Kier alpha value is -7.82. The molecule has 4 nitrogen and oxygen atoms in total. The summed E-state index contributed by atoms with van der Waals surface area (Å²) in [6.45, 7) is 0. The summed E-state index contributed by atoms with van der Waals surface area (Å²) in [5.41, 5.74) is 15.8. The monoisotopic (exact) mass is 740 g/mol. The van der Waals surface area contributed by atoms with Crippen LogP contribution in [0, 0.1) is 0 Å². The van der Waals surface area contributed by atoms with E-state index in [0.29, 0.717) is 5.82 Å². The van der Waals surface area contributed by atoms with E-state index in [-0.39, 0.29) is 0 Å². The second-order valence-electron chi connectivity index (χ2n) is 14.4. The summed E-state index contributed by atoms with van der Waals surface area (Å²) >= 11 is 0. The van der Waals surface area contributed by atoms with Crippen LogP contribution >= 0.6 is 0 Å². The molecule has 7 aromatic carbocycles. The first-order valence-corrected chi connectivity index (χ1v) is 19.4. The molecular formula is C54H36N4. The van der Waals surface area contributed by atoms with Crippen molar-refractivity contribution in [3.63, 3.8) is 0 Å². The lowest BCUT2D eigenvalue weighted by Gasteiger charge is -2.15. The lowest BCUT2D eigenvalue weighted by atomic mass is 9.92. The van der Waals surface area contributed by atoms with Crippen LogP contribution in [0.5, 0.6) is 0 Å². The van der Waals surface area contributed by atoms with Gasteiger partial charge in [-0.3, -0.25) is 9.97 Å². The van der Waals surface area contributed by atoms with Gasteiger partial charge in [-0.2, -0.15) is 0 Å². The van der Waals surface area contributed by atoms with Crippen LogP contribution < -0.4 is 0 Å². The first-order chi connectivity index (χ1) is 28.7. The van der Waals surface area contributed by atoms with E-state index >= 15 is 0 Å². The molecule has 0 amide bonds. The summed E-state index contributed by atoms with van der Waals surface area (Å²) < 4.78 is 0. The van der Waals surface area contributed by atoms with Crippen LogP contribution in [0.4, 0.5) is 0 Å². The van der Waals surface area contributed by atoms with Crippen molar-refractivity contribution in [3.05, 3.63) is 219 Å². The Kier molecular flexibility index (Phi) is 9.18. The Morgan fingerprint density at radius 1 is 0.276 bits per heavy atom. The normalized spacial score (nSPS) is 11.1. The van der Waals surface area contributed by atoms with Gasteiger partial charge in [-0.1, -0.05) is 146 Å². The summed E-state index contributed by atoms with van der Waals surface area (Å²) in [4.78, 5) is 19.4. The molecule has 3 heterocycles. The Bertz CT molecular complexity index is 2930. The first kappa shape index (κ1) is 34.7. The maximum absolute atomic E-state index is 5.39. The quantitative estimate of drug-likeness (QED) is 0.156. The van der Waals surface area contributed by atoms with Crippen LogP contribution in [0.15, 0.2) is 219 Å². The van der Waals surface area contributed by atoms with Crippen molar-refractivity contribution in [2.75, 3.05) is 0 Å². The highest BCUT2D eigenvalue weighted by atomic mass is 14.9. The number of fused-ring (bicyclic) bond motifs is 1. The Labute approximate surface area is 337 Å². The summed E-state index contributed by atoms with van der Waals surface area (Å²) in [6, 6.07) is 68.4. The molecule has 0 fully saturated rings. The molecule has 0 aliphatic rings. The Morgan fingerprint density at radius 2 is 0.724 bits per heavy atom. The van der Waals surface area contributed by atoms with Crippen LogP contribution in [0.2, 0.25) is 0 Å². The topological polar surface area (TPSA) is 51.6 Å². The van der Waals surface area contributed by atoms with Crippen LogP contribution in [-0.2, 0) is 0 Å². The van der Waals surface area contributed by atoms with Crippen LogP contribution in [0.25, 0.3) is 100 Å². The number of hydrogen-bond donors (Lipinski definition) is 0. The molecule has 0 unspecified atom stereocenters. The zero-order valence-corrected chi connectivity index (χ0v) is 31.6. The molecule has 272 valence electrons. The maximum atomic E-state index is 5.39. The average Bonchev–Trinajstić information content (AvgIpc) is 3.32. The van der Waals surface area contributed by atoms with Crippen molar-refractivity contribution >= 4 is 10.8 Å². The average molecular weight is 741 g/mol. The number of rotatable bonds is 8. The minimum Gasteiger partial charge on any atom is -0.264 e. The van der Waals surface area contributed by atoms with Crippen molar-refractivity contribution in [1.82, 2.24) is 19.9 Å². The molecule has 0 aliphatic carbocycles. The molecule has 10 aromatic rings. The molecule has 0 spiro atoms. The fraction of sp³-hybridized carbons (Fsp3) is 0. The van der Waals surface area contributed by atoms with E-state index in [4.69, 9.17) is 9.97 Å². The smallest absolute Gasteiger partial charge is 0.161 e. The van der Waals surface area contributed by atoms with Crippen LogP contribution in [0.1, 0.15) is 0 Å². The molecule has 0 radical (unpaired) electrons. The highest BCUT2D eigenvalue weighted by Crippen LogP contribution is 2.38. The second-order valence-corrected chi connectivity index (χ2v) is 14.4. The minimum absolute atomic E-state index is 0.681. The zero-order valence-electron chi connectivity index (χ0n) is 31.6. The third-order valence-corrected chi connectivity index (χ3v) is 10.7. The SMILES string of the molecule is c1ccc(-c2ccc(-c3cc(-c4cc(-c5cccc(-c6cccnc6)c5)cc(-c5cccc(-c6cccnc6)c5)c4)nc(-c4cccc5ccccc45)n3)cc2)cc1. The summed E-state index contributed by atoms with van der Waals surface area (Å²) in [6.07, 6.45) is 7.44. The summed E-state index contributed by atoms with van der Waals surface area (Å²) in [5.74, 6) is 0.681.